The van der Waals surface area contributed by atoms with Crippen LogP contribution in [0.5, 0.6) is 5.75 Å². The van der Waals surface area contributed by atoms with Crippen LogP contribution in [0.2, 0.25) is 0 Å². The first kappa shape index (κ1) is 16.5. The van der Waals surface area contributed by atoms with Crippen molar-refractivity contribution in [2.75, 3.05) is 19.8 Å². The molecule has 1 fully saturated rings. The Balaban J connectivity index is 1.68. The topological polar surface area (TPSA) is 59.6 Å². The predicted octanol–water partition coefficient (Wildman–Crippen LogP) is 2.21. The second-order valence-corrected chi connectivity index (χ2v) is 5.28. The normalized spacial score (nSPS) is 18.8. The van der Waals surface area contributed by atoms with Gasteiger partial charge in [-0.1, -0.05) is 0 Å². The number of carbonyl (C=O) groups is 1. The Kier molecular flexibility index (Phi) is 5.94. The van der Waals surface area contributed by atoms with Crippen molar-refractivity contribution in [1.82, 2.24) is 10.6 Å². The summed E-state index contributed by atoms with van der Waals surface area (Å²) in [6.07, 6.45) is 2.04. The summed E-state index contributed by atoms with van der Waals surface area (Å²) in [5, 5.41) is 5.40. The second-order valence-electron chi connectivity index (χ2n) is 5.28. The third-order valence-corrected chi connectivity index (χ3v) is 3.27. The Bertz CT molecular complexity index is 508. The maximum absolute atomic E-state index is 13.4. The molecule has 1 aliphatic heterocycles. The fourth-order valence-electron chi connectivity index (χ4n) is 2.14. The molecule has 0 bridgehead atoms. The number of carbonyl (C=O) groups excluding carboxylic acids is 1. The molecule has 1 heterocycles. The fourth-order valence-corrected chi connectivity index (χ4v) is 2.14. The minimum Gasteiger partial charge on any atom is -0.488 e. The molecule has 0 spiro atoms. The van der Waals surface area contributed by atoms with Gasteiger partial charge < -0.3 is 20.1 Å². The van der Waals surface area contributed by atoms with E-state index in [2.05, 4.69) is 10.6 Å². The van der Waals surface area contributed by atoms with Crippen molar-refractivity contribution in [3.8, 4) is 5.75 Å². The van der Waals surface area contributed by atoms with Crippen LogP contribution in [0.1, 0.15) is 19.8 Å². The highest BCUT2D eigenvalue weighted by molar-refractivity contribution is 5.74. The van der Waals surface area contributed by atoms with E-state index in [4.69, 9.17) is 9.47 Å². The Morgan fingerprint density at radius 2 is 2.32 bits per heavy atom. The van der Waals surface area contributed by atoms with E-state index < -0.39 is 11.6 Å². The molecule has 5 nitrogen and oxygen atoms in total. The smallest absolute Gasteiger partial charge is 0.315 e. The zero-order valence-corrected chi connectivity index (χ0v) is 12.4. The molecule has 2 atom stereocenters. The summed E-state index contributed by atoms with van der Waals surface area (Å²) in [5.41, 5.74) is 0. The predicted molar refractivity (Wildman–Crippen MR) is 76.8 cm³/mol. The number of ether oxygens (including phenoxy) is 2. The van der Waals surface area contributed by atoms with E-state index in [1.165, 1.54) is 6.07 Å². The third kappa shape index (κ3) is 5.14. The Morgan fingerprint density at radius 3 is 3.00 bits per heavy atom. The maximum Gasteiger partial charge on any atom is 0.315 e. The van der Waals surface area contributed by atoms with Gasteiger partial charge in [-0.3, -0.25) is 0 Å². The molecule has 2 rings (SSSR count). The number of hydrogen-bond donors (Lipinski definition) is 2. The van der Waals surface area contributed by atoms with Crippen LogP contribution in [0.3, 0.4) is 0 Å². The highest BCUT2D eigenvalue weighted by Gasteiger charge is 2.17. The number of amides is 2. The van der Waals surface area contributed by atoms with Crippen LogP contribution in [0.15, 0.2) is 18.2 Å². The zero-order chi connectivity index (χ0) is 15.9. The number of nitrogens with one attached hydrogen (secondary N) is 2. The number of benzene rings is 1. The minimum absolute atomic E-state index is 0.0465. The lowest BCUT2D eigenvalue weighted by atomic mass is 10.2. The minimum atomic E-state index is -0.768. The number of urea groups is 1. The van der Waals surface area contributed by atoms with Crippen molar-refractivity contribution >= 4 is 6.03 Å². The van der Waals surface area contributed by atoms with E-state index in [1.807, 2.05) is 0 Å². The molecule has 22 heavy (non-hydrogen) atoms. The van der Waals surface area contributed by atoms with Crippen LogP contribution < -0.4 is 15.4 Å². The molecule has 1 aromatic rings. The molecule has 1 aromatic carbocycles. The molecule has 0 saturated carbocycles. The molecule has 0 aromatic heterocycles. The van der Waals surface area contributed by atoms with Gasteiger partial charge in [-0.05, 0) is 31.9 Å². The number of hydrogen-bond acceptors (Lipinski definition) is 3. The van der Waals surface area contributed by atoms with Crippen LogP contribution in [-0.2, 0) is 4.74 Å². The van der Waals surface area contributed by atoms with Crippen molar-refractivity contribution < 1.29 is 23.0 Å². The molecular formula is C15H20F2N2O3. The van der Waals surface area contributed by atoms with E-state index in [0.717, 1.165) is 31.6 Å². The van der Waals surface area contributed by atoms with Gasteiger partial charge in [0.05, 0.1) is 12.1 Å². The first-order chi connectivity index (χ1) is 10.5. The maximum atomic E-state index is 13.4. The zero-order valence-electron chi connectivity index (χ0n) is 12.4. The first-order valence-electron chi connectivity index (χ1n) is 7.28. The standard InChI is InChI=1S/C15H20F2N2O3/c1-10(9-22-14-5-4-11(16)7-13(14)17)19-15(20)18-8-12-3-2-6-21-12/h4-5,7,10,12H,2-3,6,8-9H2,1H3,(H2,18,19,20)/t10-,12-/m1/s1. The lowest BCUT2D eigenvalue weighted by Crippen LogP contribution is -2.45. The van der Waals surface area contributed by atoms with Gasteiger partial charge in [-0.2, -0.15) is 0 Å². The molecule has 0 unspecified atom stereocenters. The van der Waals surface area contributed by atoms with Gasteiger partial charge in [0.15, 0.2) is 11.6 Å². The van der Waals surface area contributed by atoms with E-state index in [9.17, 15) is 13.6 Å². The molecule has 2 N–H and O–H groups in total. The van der Waals surface area contributed by atoms with Crippen molar-refractivity contribution in [2.45, 2.75) is 31.9 Å². The Labute approximate surface area is 128 Å². The highest BCUT2D eigenvalue weighted by Crippen LogP contribution is 2.17. The molecule has 0 radical (unpaired) electrons. The van der Waals surface area contributed by atoms with Crippen LogP contribution in [-0.4, -0.2) is 37.9 Å². The van der Waals surface area contributed by atoms with E-state index in [1.54, 1.807) is 6.92 Å². The first-order valence-corrected chi connectivity index (χ1v) is 7.28. The van der Waals surface area contributed by atoms with E-state index >= 15 is 0 Å². The van der Waals surface area contributed by atoms with Crippen LogP contribution in [0.25, 0.3) is 0 Å². The summed E-state index contributed by atoms with van der Waals surface area (Å²) in [7, 11) is 0. The van der Waals surface area contributed by atoms with E-state index in [0.29, 0.717) is 6.54 Å². The average molecular weight is 314 g/mol. The average Bonchev–Trinajstić information content (AvgIpc) is 2.97. The van der Waals surface area contributed by atoms with Crippen LogP contribution in [0.4, 0.5) is 13.6 Å². The summed E-state index contributed by atoms with van der Waals surface area (Å²) < 4.78 is 36.8. The molecule has 122 valence electrons. The number of halogens is 2. The molecule has 1 aliphatic rings. The summed E-state index contributed by atoms with van der Waals surface area (Å²) >= 11 is 0. The van der Waals surface area contributed by atoms with Gasteiger partial charge in [-0.15, -0.1) is 0 Å². The van der Waals surface area contributed by atoms with Crippen molar-refractivity contribution in [1.29, 1.82) is 0 Å². The third-order valence-electron chi connectivity index (χ3n) is 3.27. The summed E-state index contributed by atoms with van der Waals surface area (Å²) in [4.78, 5) is 11.7. The van der Waals surface area contributed by atoms with Gasteiger partial charge in [0, 0.05) is 19.2 Å². The largest absolute Gasteiger partial charge is 0.488 e. The lowest BCUT2D eigenvalue weighted by Gasteiger charge is -2.17. The van der Waals surface area contributed by atoms with Gasteiger partial charge in [0.25, 0.3) is 0 Å². The number of rotatable bonds is 6. The molecule has 1 saturated heterocycles. The molecule has 0 aliphatic carbocycles. The second kappa shape index (κ2) is 7.93. The summed E-state index contributed by atoms with van der Waals surface area (Å²) in [6, 6.07) is 2.43. The van der Waals surface area contributed by atoms with E-state index in [-0.39, 0.29) is 30.5 Å². The Morgan fingerprint density at radius 1 is 1.50 bits per heavy atom. The molecular weight excluding hydrogens is 294 g/mol. The SMILES string of the molecule is C[C@H](COc1ccc(F)cc1F)NC(=O)NC[C@H]1CCCO1. The van der Waals surface area contributed by atoms with Crippen molar-refractivity contribution in [2.24, 2.45) is 0 Å². The Hall–Kier alpha value is -1.89. The molecule has 7 heteroatoms. The highest BCUT2D eigenvalue weighted by atomic mass is 19.1. The quantitative estimate of drug-likeness (QED) is 0.846. The summed E-state index contributed by atoms with van der Waals surface area (Å²) in [6.45, 7) is 3.01. The fraction of sp³-hybridized carbons (Fsp3) is 0.533. The summed E-state index contributed by atoms with van der Waals surface area (Å²) in [5.74, 6) is -1.48. The van der Waals surface area contributed by atoms with Crippen molar-refractivity contribution in [3.05, 3.63) is 29.8 Å². The van der Waals surface area contributed by atoms with Gasteiger partial charge >= 0.3 is 6.03 Å². The lowest BCUT2D eigenvalue weighted by molar-refractivity contribution is 0.111. The monoisotopic (exact) mass is 314 g/mol. The molecule has 2 amide bonds. The van der Waals surface area contributed by atoms with Crippen molar-refractivity contribution in [3.63, 3.8) is 0 Å². The van der Waals surface area contributed by atoms with Gasteiger partial charge in [-0.25, -0.2) is 13.6 Å². The van der Waals surface area contributed by atoms with Crippen LogP contribution in [0, 0.1) is 11.6 Å². The van der Waals surface area contributed by atoms with Gasteiger partial charge in [0.2, 0.25) is 0 Å². The van der Waals surface area contributed by atoms with Gasteiger partial charge in [0.1, 0.15) is 12.4 Å². The van der Waals surface area contributed by atoms with Crippen LogP contribution >= 0.6 is 0 Å².